The first-order valence-electron chi connectivity index (χ1n) is 7.57. The van der Waals surface area contributed by atoms with Gasteiger partial charge in [-0.25, -0.2) is 4.79 Å². The summed E-state index contributed by atoms with van der Waals surface area (Å²) in [7, 11) is 0. The van der Waals surface area contributed by atoms with E-state index < -0.39 is 5.60 Å². The molecule has 0 bridgehead atoms. The van der Waals surface area contributed by atoms with E-state index in [1.807, 2.05) is 18.7 Å². The second-order valence-corrected chi connectivity index (χ2v) is 6.18. The number of nitrogens with zero attached hydrogens (tertiary/aromatic N) is 1. The fourth-order valence-corrected chi connectivity index (χ4v) is 2.73. The summed E-state index contributed by atoms with van der Waals surface area (Å²) in [5.41, 5.74) is -0.670. The molecule has 0 radical (unpaired) electrons. The molecule has 0 aromatic carbocycles. The van der Waals surface area contributed by atoms with Crippen molar-refractivity contribution in [1.29, 1.82) is 0 Å². The van der Waals surface area contributed by atoms with Gasteiger partial charge in [0.25, 0.3) is 0 Å². The molecule has 0 spiro atoms. The molecule has 3 heteroatoms. The van der Waals surface area contributed by atoms with Crippen LogP contribution in [-0.4, -0.2) is 29.7 Å². The smallest absolute Gasteiger partial charge is 0.411 e. The van der Waals surface area contributed by atoms with Gasteiger partial charge in [-0.2, -0.15) is 0 Å². The Morgan fingerprint density at radius 3 is 2.37 bits per heavy atom. The van der Waals surface area contributed by atoms with Crippen LogP contribution in [0, 0.1) is 17.8 Å². The number of piperidine rings is 1. The molecule has 0 unspecified atom stereocenters. The Morgan fingerprint density at radius 2 is 1.74 bits per heavy atom. The molecule has 1 amide bonds. The normalized spacial score (nSPS) is 20.8. The molecule has 1 saturated carbocycles. The SMILES string of the molecule is CC(C)(C#CC1CCCC1)OC(=O)N1CCCCC1. The van der Waals surface area contributed by atoms with Crippen LogP contribution in [0.1, 0.15) is 58.8 Å². The van der Waals surface area contributed by atoms with Gasteiger partial charge in [0.1, 0.15) is 0 Å². The van der Waals surface area contributed by atoms with Crippen molar-refractivity contribution in [3.05, 3.63) is 0 Å². The summed E-state index contributed by atoms with van der Waals surface area (Å²) in [6, 6.07) is 0. The van der Waals surface area contributed by atoms with Crippen LogP contribution in [0.4, 0.5) is 4.79 Å². The number of carbonyl (C=O) groups is 1. The fourth-order valence-electron chi connectivity index (χ4n) is 2.73. The molecule has 106 valence electrons. The van der Waals surface area contributed by atoms with E-state index in [4.69, 9.17) is 4.74 Å². The quantitative estimate of drug-likeness (QED) is 0.677. The average molecular weight is 263 g/mol. The van der Waals surface area contributed by atoms with Gasteiger partial charge in [0, 0.05) is 19.0 Å². The van der Waals surface area contributed by atoms with Crippen LogP contribution in [-0.2, 0) is 4.74 Å². The lowest BCUT2D eigenvalue weighted by Crippen LogP contribution is -2.40. The maximum atomic E-state index is 12.0. The van der Waals surface area contributed by atoms with E-state index in [1.54, 1.807) is 0 Å². The van der Waals surface area contributed by atoms with Gasteiger partial charge in [-0.1, -0.05) is 24.7 Å². The zero-order valence-corrected chi connectivity index (χ0v) is 12.2. The van der Waals surface area contributed by atoms with Crippen molar-refractivity contribution >= 4 is 6.09 Å². The first-order valence-corrected chi connectivity index (χ1v) is 7.57. The summed E-state index contributed by atoms with van der Waals surface area (Å²) in [5, 5.41) is 0. The van der Waals surface area contributed by atoms with Crippen LogP contribution in [0.5, 0.6) is 0 Å². The Labute approximate surface area is 116 Å². The maximum Gasteiger partial charge on any atom is 0.411 e. The highest BCUT2D eigenvalue weighted by Gasteiger charge is 2.25. The third-order valence-corrected chi connectivity index (χ3v) is 3.89. The molecule has 19 heavy (non-hydrogen) atoms. The van der Waals surface area contributed by atoms with Crippen LogP contribution >= 0.6 is 0 Å². The van der Waals surface area contributed by atoms with Crippen molar-refractivity contribution in [2.24, 2.45) is 5.92 Å². The zero-order chi connectivity index (χ0) is 13.7. The standard InChI is InChI=1S/C16H25NO2/c1-16(2,11-10-14-8-4-5-9-14)19-15(18)17-12-6-3-7-13-17/h14H,3-9,12-13H2,1-2H3. The molecule has 2 aliphatic rings. The fraction of sp³-hybridized carbons (Fsp3) is 0.812. The predicted octanol–water partition coefficient (Wildman–Crippen LogP) is 3.58. The minimum absolute atomic E-state index is 0.203. The van der Waals surface area contributed by atoms with Gasteiger partial charge >= 0.3 is 6.09 Å². The highest BCUT2D eigenvalue weighted by molar-refractivity contribution is 5.68. The summed E-state index contributed by atoms with van der Waals surface area (Å²) in [4.78, 5) is 13.9. The van der Waals surface area contributed by atoms with Gasteiger partial charge in [-0.3, -0.25) is 0 Å². The Kier molecular flexibility index (Phi) is 4.74. The minimum atomic E-state index is -0.670. The molecule has 0 N–H and O–H groups in total. The van der Waals surface area contributed by atoms with E-state index in [0.717, 1.165) is 25.9 Å². The Bertz CT molecular complexity index is 366. The molecular weight excluding hydrogens is 238 g/mol. The van der Waals surface area contributed by atoms with Crippen molar-refractivity contribution in [1.82, 2.24) is 4.90 Å². The largest absolute Gasteiger partial charge is 0.430 e. The summed E-state index contributed by atoms with van der Waals surface area (Å²) in [6.07, 6.45) is 8.15. The first-order chi connectivity index (χ1) is 9.07. The van der Waals surface area contributed by atoms with E-state index in [2.05, 4.69) is 11.8 Å². The average Bonchev–Trinajstić information content (AvgIpc) is 2.90. The zero-order valence-electron chi connectivity index (χ0n) is 12.2. The van der Waals surface area contributed by atoms with E-state index in [1.165, 1.54) is 32.1 Å². The monoisotopic (exact) mass is 263 g/mol. The number of ether oxygens (including phenoxy) is 1. The van der Waals surface area contributed by atoms with Gasteiger partial charge in [0.2, 0.25) is 0 Å². The summed E-state index contributed by atoms with van der Waals surface area (Å²) in [6.45, 7) is 5.42. The van der Waals surface area contributed by atoms with Crippen LogP contribution in [0.15, 0.2) is 0 Å². The third kappa shape index (κ3) is 4.45. The van der Waals surface area contributed by atoms with Gasteiger partial charge in [0.15, 0.2) is 5.60 Å². The van der Waals surface area contributed by atoms with Gasteiger partial charge in [-0.15, -0.1) is 0 Å². The molecule has 0 atom stereocenters. The lowest BCUT2D eigenvalue weighted by molar-refractivity contribution is 0.0418. The second-order valence-electron chi connectivity index (χ2n) is 6.18. The number of hydrogen-bond donors (Lipinski definition) is 0. The molecule has 1 aliphatic carbocycles. The van der Waals surface area contributed by atoms with Crippen LogP contribution < -0.4 is 0 Å². The van der Waals surface area contributed by atoms with Crippen molar-refractivity contribution in [3.8, 4) is 11.8 Å². The number of carbonyl (C=O) groups excluding carboxylic acids is 1. The van der Waals surface area contributed by atoms with E-state index in [-0.39, 0.29) is 6.09 Å². The highest BCUT2D eigenvalue weighted by atomic mass is 16.6. The number of likely N-dealkylation sites (tertiary alicyclic amines) is 1. The van der Waals surface area contributed by atoms with Crippen molar-refractivity contribution < 1.29 is 9.53 Å². The lowest BCUT2D eigenvalue weighted by Gasteiger charge is -2.29. The van der Waals surface area contributed by atoms with Crippen molar-refractivity contribution in [2.75, 3.05) is 13.1 Å². The van der Waals surface area contributed by atoms with Gasteiger partial charge in [-0.05, 0) is 46.0 Å². The van der Waals surface area contributed by atoms with Gasteiger partial charge < -0.3 is 9.64 Å². The number of amides is 1. The Balaban J connectivity index is 1.86. The van der Waals surface area contributed by atoms with Crippen LogP contribution in [0.25, 0.3) is 0 Å². The summed E-state index contributed by atoms with van der Waals surface area (Å²) in [5.74, 6) is 6.94. The molecule has 1 saturated heterocycles. The molecule has 1 heterocycles. The maximum absolute atomic E-state index is 12.0. The molecule has 2 rings (SSSR count). The lowest BCUT2D eigenvalue weighted by atomic mass is 10.1. The summed E-state index contributed by atoms with van der Waals surface area (Å²) < 4.78 is 5.55. The molecule has 2 fully saturated rings. The van der Waals surface area contributed by atoms with Crippen molar-refractivity contribution in [2.45, 2.75) is 64.4 Å². The van der Waals surface area contributed by atoms with E-state index in [9.17, 15) is 4.79 Å². The molecule has 1 aliphatic heterocycles. The molecular formula is C16H25NO2. The third-order valence-electron chi connectivity index (χ3n) is 3.89. The van der Waals surface area contributed by atoms with Gasteiger partial charge in [0.05, 0.1) is 0 Å². The molecule has 3 nitrogen and oxygen atoms in total. The van der Waals surface area contributed by atoms with Crippen LogP contribution in [0.2, 0.25) is 0 Å². The molecule has 0 aromatic heterocycles. The highest BCUT2D eigenvalue weighted by Crippen LogP contribution is 2.24. The number of hydrogen-bond acceptors (Lipinski definition) is 2. The minimum Gasteiger partial charge on any atom is -0.430 e. The predicted molar refractivity (Wildman–Crippen MR) is 75.7 cm³/mol. The summed E-state index contributed by atoms with van der Waals surface area (Å²) >= 11 is 0. The topological polar surface area (TPSA) is 29.5 Å². The Morgan fingerprint density at radius 1 is 1.11 bits per heavy atom. The molecule has 0 aromatic rings. The van der Waals surface area contributed by atoms with E-state index >= 15 is 0 Å². The first kappa shape index (κ1) is 14.2. The van der Waals surface area contributed by atoms with Crippen LogP contribution in [0.3, 0.4) is 0 Å². The second kappa shape index (κ2) is 6.32. The van der Waals surface area contributed by atoms with E-state index in [0.29, 0.717) is 5.92 Å². The van der Waals surface area contributed by atoms with Crippen molar-refractivity contribution in [3.63, 3.8) is 0 Å². The number of rotatable bonds is 1. The Hall–Kier alpha value is -1.17.